The van der Waals surface area contributed by atoms with Gasteiger partial charge in [0.25, 0.3) is 11.8 Å². The maximum atomic E-state index is 13.0. The Hall–Kier alpha value is -4.08. The van der Waals surface area contributed by atoms with E-state index in [1.165, 1.54) is 38.5 Å². The van der Waals surface area contributed by atoms with Crippen molar-refractivity contribution in [1.29, 1.82) is 0 Å². The first kappa shape index (κ1) is 42.1. The van der Waals surface area contributed by atoms with Crippen molar-refractivity contribution < 1.29 is 29.4 Å². The number of hydrazine groups is 2. The zero-order chi connectivity index (χ0) is 36.7. The second-order valence-electron chi connectivity index (χ2n) is 13.4. The molecule has 2 aromatic carbocycles. The molecule has 2 rings (SSSR count). The van der Waals surface area contributed by atoms with Gasteiger partial charge in [0, 0.05) is 11.8 Å². The monoisotopic (exact) mass is 694 g/mol. The molecule has 0 saturated heterocycles. The van der Waals surface area contributed by atoms with Gasteiger partial charge in [0.2, 0.25) is 11.8 Å². The van der Waals surface area contributed by atoms with Crippen LogP contribution in [0.3, 0.4) is 0 Å². The summed E-state index contributed by atoms with van der Waals surface area (Å²) in [6.45, 7) is 8.22. The minimum Gasteiger partial charge on any atom is -0.507 e. The van der Waals surface area contributed by atoms with Crippen molar-refractivity contribution in [3.8, 4) is 11.5 Å². The number of aromatic hydroxyl groups is 2. The number of rotatable bonds is 23. The van der Waals surface area contributed by atoms with E-state index in [9.17, 15) is 29.4 Å². The lowest BCUT2D eigenvalue weighted by Gasteiger charge is -2.19. The predicted molar refractivity (Wildman–Crippen MR) is 198 cm³/mol. The Bertz CT molecular complexity index is 1350. The molecule has 50 heavy (non-hydrogen) atoms. The van der Waals surface area contributed by atoms with E-state index in [1.807, 2.05) is 26.0 Å². The fraction of sp³-hybridized carbons (Fsp3) is 0.600. The lowest BCUT2D eigenvalue weighted by Crippen LogP contribution is -2.45. The molecular formula is C40H62N4O6. The van der Waals surface area contributed by atoms with Crippen LogP contribution in [0.5, 0.6) is 11.5 Å². The number of aryl methyl sites for hydroxylation is 2. The van der Waals surface area contributed by atoms with Crippen LogP contribution in [0.4, 0.5) is 0 Å². The highest BCUT2D eigenvalue weighted by Gasteiger charge is 2.22. The van der Waals surface area contributed by atoms with Crippen LogP contribution in [-0.2, 0) is 22.4 Å². The topological polar surface area (TPSA) is 157 Å². The van der Waals surface area contributed by atoms with Crippen molar-refractivity contribution in [2.24, 2.45) is 11.8 Å². The molecule has 2 unspecified atom stereocenters. The van der Waals surface area contributed by atoms with Gasteiger partial charge in [-0.15, -0.1) is 0 Å². The first-order chi connectivity index (χ1) is 24.1. The van der Waals surface area contributed by atoms with Crippen LogP contribution in [0, 0.1) is 11.8 Å². The fourth-order valence-corrected chi connectivity index (χ4v) is 6.18. The first-order valence-corrected chi connectivity index (χ1v) is 19.0. The fourth-order valence-electron chi connectivity index (χ4n) is 6.18. The molecule has 2 aromatic rings. The molecule has 0 heterocycles. The molecule has 0 aliphatic heterocycles. The average molecular weight is 695 g/mol. The summed E-state index contributed by atoms with van der Waals surface area (Å²) in [6, 6.07) is 10.0. The smallest absolute Gasteiger partial charge is 0.273 e. The molecule has 6 N–H and O–H groups in total. The number of phenols is 2. The van der Waals surface area contributed by atoms with E-state index in [-0.39, 0.29) is 46.3 Å². The Labute approximate surface area is 299 Å². The van der Waals surface area contributed by atoms with E-state index in [0.29, 0.717) is 32.1 Å². The third-order valence-electron chi connectivity index (χ3n) is 9.33. The molecule has 10 nitrogen and oxygen atoms in total. The summed E-state index contributed by atoms with van der Waals surface area (Å²) in [7, 11) is 0. The Balaban J connectivity index is 1.80. The van der Waals surface area contributed by atoms with E-state index in [1.54, 1.807) is 24.3 Å². The zero-order valence-corrected chi connectivity index (χ0v) is 30.9. The van der Waals surface area contributed by atoms with E-state index in [0.717, 1.165) is 56.1 Å². The van der Waals surface area contributed by atoms with Gasteiger partial charge in [0.1, 0.15) is 11.5 Å². The SMILES string of the molecule is CCCCCCCc1ccc(C(=O)NNC(=O)C(CC)CCCC(CCC)C(=O)NNC(=O)c2ccc(CCCCCCC)cc2O)c(O)c1. The second-order valence-corrected chi connectivity index (χ2v) is 13.4. The highest BCUT2D eigenvalue weighted by atomic mass is 16.3. The summed E-state index contributed by atoms with van der Waals surface area (Å²) in [4.78, 5) is 51.3. The van der Waals surface area contributed by atoms with Gasteiger partial charge in [-0.3, -0.25) is 40.9 Å². The first-order valence-electron chi connectivity index (χ1n) is 19.0. The number of phenolic OH excluding ortho intramolecular Hbond substituents is 2. The Kier molecular flexibility index (Phi) is 20.3. The molecule has 2 atom stereocenters. The summed E-state index contributed by atoms with van der Waals surface area (Å²) in [5.74, 6) is -2.84. The van der Waals surface area contributed by atoms with Crippen molar-refractivity contribution in [3.63, 3.8) is 0 Å². The van der Waals surface area contributed by atoms with E-state index in [2.05, 4.69) is 35.6 Å². The molecule has 0 fully saturated rings. The maximum Gasteiger partial charge on any atom is 0.273 e. The van der Waals surface area contributed by atoms with Gasteiger partial charge in [-0.25, -0.2) is 0 Å². The minimum absolute atomic E-state index is 0.0917. The Morgan fingerprint density at radius 2 is 0.960 bits per heavy atom. The van der Waals surface area contributed by atoms with Crippen LogP contribution in [0.25, 0.3) is 0 Å². The van der Waals surface area contributed by atoms with Gasteiger partial charge in [0.15, 0.2) is 0 Å². The number of carbonyl (C=O) groups is 4. The van der Waals surface area contributed by atoms with Crippen molar-refractivity contribution in [2.45, 2.75) is 143 Å². The maximum absolute atomic E-state index is 13.0. The summed E-state index contributed by atoms with van der Waals surface area (Å²) in [6.07, 6.45) is 16.7. The lowest BCUT2D eigenvalue weighted by atomic mass is 9.92. The highest BCUT2D eigenvalue weighted by molar-refractivity contribution is 5.98. The summed E-state index contributed by atoms with van der Waals surface area (Å²) < 4.78 is 0. The minimum atomic E-state index is -0.594. The molecule has 0 saturated carbocycles. The molecule has 0 radical (unpaired) electrons. The van der Waals surface area contributed by atoms with Crippen molar-refractivity contribution in [1.82, 2.24) is 21.7 Å². The number of hydrogen-bond donors (Lipinski definition) is 6. The van der Waals surface area contributed by atoms with E-state index in [4.69, 9.17) is 0 Å². The number of nitrogens with one attached hydrogen (secondary N) is 4. The number of unbranched alkanes of at least 4 members (excludes halogenated alkanes) is 8. The molecule has 0 spiro atoms. The van der Waals surface area contributed by atoms with E-state index < -0.39 is 11.8 Å². The van der Waals surface area contributed by atoms with Gasteiger partial charge in [-0.2, -0.15) is 0 Å². The third-order valence-corrected chi connectivity index (χ3v) is 9.33. The Morgan fingerprint density at radius 1 is 0.520 bits per heavy atom. The molecule has 0 aliphatic rings. The van der Waals surface area contributed by atoms with Crippen LogP contribution in [0.1, 0.15) is 162 Å². The van der Waals surface area contributed by atoms with Crippen LogP contribution >= 0.6 is 0 Å². The molecule has 4 amide bonds. The summed E-state index contributed by atoms with van der Waals surface area (Å²) >= 11 is 0. The third kappa shape index (κ3) is 15.2. The van der Waals surface area contributed by atoms with Crippen LogP contribution in [0.15, 0.2) is 36.4 Å². The number of carbonyl (C=O) groups excluding carboxylic acids is 4. The van der Waals surface area contributed by atoms with Gasteiger partial charge in [-0.05, 0) is 86.8 Å². The van der Waals surface area contributed by atoms with Gasteiger partial charge >= 0.3 is 0 Å². The van der Waals surface area contributed by atoms with Crippen molar-refractivity contribution >= 4 is 23.6 Å². The number of hydrogen-bond acceptors (Lipinski definition) is 6. The van der Waals surface area contributed by atoms with Gasteiger partial charge in [0.05, 0.1) is 11.1 Å². The molecule has 0 aliphatic carbocycles. The van der Waals surface area contributed by atoms with Crippen molar-refractivity contribution in [2.75, 3.05) is 0 Å². The highest BCUT2D eigenvalue weighted by Crippen LogP contribution is 2.23. The molecule has 278 valence electrons. The standard InChI is InChI=1S/C40H62N4O6/c1-5-9-11-13-15-19-29-23-25-33(35(45)27-29)39(49)43-41-37(47)31(8-4)21-17-22-32(18-7-3)38(48)42-44-40(50)34-26-24-30(28-36(34)46)20-16-14-12-10-6-2/h23-28,31-32,45-46H,5-22H2,1-4H3,(H,41,47)(H,42,48)(H,43,49)(H,44,50). The van der Waals surface area contributed by atoms with Crippen molar-refractivity contribution in [3.05, 3.63) is 58.7 Å². The molecular weight excluding hydrogens is 632 g/mol. The normalized spacial score (nSPS) is 12.2. The Morgan fingerprint density at radius 3 is 1.38 bits per heavy atom. The average Bonchev–Trinajstić information content (AvgIpc) is 3.10. The van der Waals surface area contributed by atoms with Crippen LogP contribution in [-0.4, -0.2) is 33.8 Å². The largest absolute Gasteiger partial charge is 0.507 e. The van der Waals surface area contributed by atoms with Gasteiger partial charge < -0.3 is 10.2 Å². The summed E-state index contributed by atoms with van der Waals surface area (Å²) in [5, 5.41) is 20.9. The summed E-state index contributed by atoms with van der Waals surface area (Å²) in [5.41, 5.74) is 12.0. The predicted octanol–water partition coefficient (Wildman–Crippen LogP) is 7.96. The number of amides is 4. The quantitative estimate of drug-likeness (QED) is 0.0512. The zero-order valence-electron chi connectivity index (χ0n) is 30.9. The lowest BCUT2D eigenvalue weighted by molar-refractivity contribution is -0.126. The molecule has 10 heteroatoms. The van der Waals surface area contributed by atoms with Crippen LogP contribution in [0.2, 0.25) is 0 Å². The van der Waals surface area contributed by atoms with Crippen LogP contribution < -0.4 is 21.7 Å². The molecule has 0 bridgehead atoms. The second kappa shape index (κ2) is 24.1. The number of benzene rings is 2. The van der Waals surface area contributed by atoms with Gasteiger partial charge in [-0.1, -0.05) is 104 Å². The van der Waals surface area contributed by atoms with E-state index >= 15 is 0 Å². The molecule has 0 aromatic heterocycles.